The van der Waals surface area contributed by atoms with Gasteiger partial charge in [0, 0.05) is 13.1 Å². The highest BCUT2D eigenvalue weighted by Gasteiger charge is 2.35. The Labute approximate surface area is 87.5 Å². The second-order valence-electron chi connectivity index (χ2n) is 3.49. The largest absolute Gasteiger partial charge is 0.396 e. The Morgan fingerprint density at radius 2 is 2.00 bits per heavy atom. The number of nitrogens with zero attached hydrogens (tertiary/aromatic N) is 2. The lowest BCUT2D eigenvalue weighted by molar-refractivity contribution is -0.125. The highest BCUT2D eigenvalue weighted by Crippen LogP contribution is 2.21. The van der Waals surface area contributed by atoms with Crippen LogP contribution >= 0.6 is 0 Å². The Morgan fingerprint density at radius 1 is 1.40 bits per heavy atom. The summed E-state index contributed by atoms with van der Waals surface area (Å²) in [6.07, 6.45) is 2.82. The second kappa shape index (κ2) is 3.34. The number of amides is 1. The Bertz CT molecular complexity index is 458. The first-order valence-electron chi connectivity index (χ1n) is 4.62. The number of rotatable bonds is 1. The summed E-state index contributed by atoms with van der Waals surface area (Å²) < 4.78 is 26.0. The maximum absolute atomic E-state index is 11.8. The van der Waals surface area contributed by atoms with Crippen molar-refractivity contribution >= 4 is 22.1 Å². The summed E-state index contributed by atoms with van der Waals surface area (Å²) in [5, 5.41) is 0. The number of hydrogen-bond donors (Lipinski definition) is 1. The Kier molecular flexibility index (Phi) is 2.26. The number of nitrogens with two attached hydrogens (primary N) is 1. The zero-order valence-electron chi connectivity index (χ0n) is 8.01. The van der Waals surface area contributed by atoms with E-state index in [4.69, 9.17) is 5.73 Å². The van der Waals surface area contributed by atoms with Crippen LogP contribution < -0.4 is 5.73 Å². The molecule has 0 atom stereocenters. The second-order valence-corrected chi connectivity index (χ2v) is 5.06. The molecule has 1 fully saturated rings. The van der Waals surface area contributed by atoms with Crippen molar-refractivity contribution < 1.29 is 13.2 Å². The van der Waals surface area contributed by atoms with Crippen molar-refractivity contribution in [3.05, 3.63) is 10.6 Å². The van der Waals surface area contributed by atoms with Crippen LogP contribution in [-0.4, -0.2) is 38.5 Å². The van der Waals surface area contributed by atoms with Crippen LogP contribution in [0.5, 0.6) is 0 Å². The van der Waals surface area contributed by atoms with Gasteiger partial charge in [0.2, 0.25) is 0 Å². The highest BCUT2D eigenvalue weighted by molar-refractivity contribution is 7.95. The SMILES string of the molecule is NC1=C(C(=O)N2CCCC2)S(=O)(=O)N=C1. The number of hydrogen-bond acceptors (Lipinski definition) is 4. The molecule has 82 valence electrons. The van der Waals surface area contributed by atoms with Crippen molar-refractivity contribution in [1.29, 1.82) is 0 Å². The molecule has 2 aliphatic rings. The number of likely N-dealkylation sites (tertiary alicyclic amines) is 1. The van der Waals surface area contributed by atoms with E-state index in [1.807, 2.05) is 0 Å². The minimum absolute atomic E-state index is 0.0631. The van der Waals surface area contributed by atoms with Gasteiger partial charge in [-0.15, -0.1) is 0 Å². The summed E-state index contributed by atoms with van der Waals surface area (Å²) in [5.74, 6) is -0.525. The van der Waals surface area contributed by atoms with Gasteiger partial charge in [-0.1, -0.05) is 0 Å². The zero-order valence-corrected chi connectivity index (χ0v) is 8.83. The summed E-state index contributed by atoms with van der Waals surface area (Å²) in [6, 6.07) is 0. The van der Waals surface area contributed by atoms with Gasteiger partial charge in [0.05, 0.1) is 11.9 Å². The van der Waals surface area contributed by atoms with Gasteiger partial charge in [0.25, 0.3) is 15.9 Å². The van der Waals surface area contributed by atoms with E-state index in [2.05, 4.69) is 4.40 Å². The number of sulfonamides is 1. The molecule has 0 aromatic heterocycles. The molecular weight excluding hydrogens is 218 g/mol. The molecular formula is C8H11N3O3S. The van der Waals surface area contributed by atoms with E-state index in [1.54, 1.807) is 0 Å². The van der Waals surface area contributed by atoms with E-state index in [9.17, 15) is 13.2 Å². The fourth-order valence-electron chi connectivity index (χ4n) is 1.68. The lowest BCUT2D eigenvalue weighted by atomic mass is 10.4. The first-order chi connectivity index (χ1) is 7.02. The zero-order chi connectivity index (χ0) is 11.1. The lowest BCUT2D eigenvalue weighted by Crippen LogP contribution is -2.32. The van der Waals surface area contributed by atoms with E-state index >= 15 is 0 Å². The summed E-state index contributed by atoms with van der Waals surface area (Å²) in [7, 11) is -3.84. The highest BCUT2D eigenvalue weighted by atomic mass is 32.2. The third-order valence-corrected chi connectivity index (χ3v) is 3.75. The molecule has 1 saturated heterocycles. The molecule has 2 heterocycles. The molecule has 0 aliphatic carbocycles. The third-order valence-electron chi connectivity index (χ3n) is 2.44. The summed E-state index contributed by atoms with van der Waals surface area (Å²) in [5.41, 5.74) is 5.36. The van der Waals surface area contributed by atoms with Gasteiger partial charge in [-0.25, -0.2) is 0 Å². The van der Waals surface area contributed by atoms with Gasteiger partial charge in [0.1, 0.15) is 0 Å². The van der Waals surface area contributed by atoms with E-state index < -0.39 is 15.9 Å². The third kappa shape index (κ3) is 1.63. The van der Waals surface area contributed by atoms with Crippen LogP contribution in [0.25, 0.3) is 0 Å². The van der Waals surface area contributed by atoms with Crippen LogP contribution in [0.2, 0.25) is 0 Å². The Balaban J connectivity index is 2.32. The van der Waals surface area contributed by atoms with E-state index in [1.165, 1.54) is 4.90 Å². The molecule has 0 aromatic rings. The standard InChI is InChI=1S/C8H11N3O3S/c9-6-5-10-15(13,14)7(6)8(12)11-3-1-2-4-11/h5H,1-4,9H2. The lowest BCUT2D eigenvalue weighted by Gasteiger charge is -2.15. The molecule has 0 saturated carbocycles. The molecule has 0 aromatic carbocycles. The molecule has 15 heavy (non-hydrogen) atoms. The van der Waals surface area contributed by atoms with Crippen LogP contribution in [0, 0.1) is 0 Å². The molecule has 7 heteroatoms. The Hall–Kier alpha value is -1.37. The van der Waals surface area contributed by atoms with Crippen LogP contribution in [0.3, 0.4) is 0 Å². The average Bonchev–Trinajstić information content (AvgIpc) is 2.74. The van der Waals surface area contributed by atoms with Gasteiger partial charge >= 0.3 is 0 Å². The quantitative estimate of drug-likeness (QED) is 0.636. The van der Waals surface area contributed by atoms with Crippen LogP contribution in [-0.2, 0) is 14.8 Å². The van der Waals surface area contributed by atoms with Crippen molar-refractivity contribution in [2.75, 3.05) is 13.1 Å². The fourth-order valence-corrected chi connectivity index (χ4v) is 2.74. The number of allylic oxidation sites excluding steroid dienone is 1. The molecule has 1 amide bonds. The molecule has 2 rings (SSSR count). The van der Waals surface area contributed by atoms with E-state index in [-0.39, 0.29) is 10.6 Å². The average molecular weight is 229 g/mol. The van der Waals surface area contributed by atoms with Crippen molar-refractivity contribution in [2.45, 2.75) is 12.8 Å². The van der Waals surface area contributed by atoms with Crippen LogP contribution in [0.15, 0.2) is 15.0 Å². The van der Waals surface area contributed by atoms with Gasteiger partial charge in [0.15, 0.2) is 4.91 Å². The maximum atomic E-state index is 11.8. The normalized spacial score (nSPS) is 23.9. The van der Waals surface area contributed by atoms with E-state index in [0.29, 0.717) is 13.1 Å². The van der Waals surface area contributed by atoms with Crippen LogP contribution in [0.1, 0.15) is 12.8 Å². The van der Waals surface area contributed by atoms with Gasteiger partial charge in [-0.2, -0.15) is 12.8 Å². The number of carbonyl (C=O) groups excluding carboxylic acids is 1. The predicted octanol–water partition coefficient (Wildman–Crippen LogP) is -0.807. The van der Waals surface area contributed by atoms with E-state index in [0.717, 1.165) is 19.1 Å². The van der Waals surface area contributed by atoms with Crippen LogP contribution in [0.4, 0.5) is 0 Å². The molecule has 0 spiro atoms. The minimum atomic E-state index is -3.84. The fraction of sp³-hybridized carbons (Fsp3) is 0.500. The number of carbonyl (C=O) groups is 1. The monoisotopic (exact) mass is 229 g/mol. The predicted molar refractivity (Wildman–Crippen MR) is 54.4 cm³/mol. The van der Waals surface area contributed by atoms with Gasteiger partial charge in [-0.05, 0) is 12.8 Å². The summed E-state index contributed by atoms with van der Waals surface area (Å²) >= 11 is 0. The molecule has 0 bridgehead atoms. The first kappa shape index (κ1) is 10.2. The van der Waals surface area contributed by atoms with Gasteiger partial charge in [-0.3, -0.25) is 4.79 Å². The summed E-state index contributed by atoms with van der Waals surface area (Å²) in [4.78, 5) is 12.9. The minimum Gasteiger partial charge on any atom is -0.396 e. The smallest absolute Gasteiger partial charge is 0.289 e. The molecule has 0 unspecified atom stereocenters. The first-order valence-corrected chi connectivity index (χ1v) is 6.06. The van der Waals surface area contributed by atoms with Crippen molar-refractivity contribution in [3.8, 4) is 0 Å². The molecule has 6 nitrogen and oxygen atoms in total. The van der Waals surface area contributed by atoms with Gasteiger partial charge < -0.3 is 10.6 Å². The summed E-state index contributed by atoms with van der Waals surface area (Å²) in [6.45, 7) is 1.18. The topological polar surface area (TPSA) is 92.8 Å². The molecule has 2 N–H and O–H groups in total. The van der Waals surface area contributed by atoms with Crippen molar-refractivity contribution in [2.24, 2.45) is 10.1 Å². The molecule has 2 aliphatic heterocycles. The maximum Gasteiger partial charge on any atom is 0.289 e. The Morgan fingerprint density at radius 3 is 2.47 bits per heavy atom. The van der Waals surface area contributed by atoms with Crippen molar-refractivity contribution in [3.63, 3.8) is 0 Å². The van der Waals surface area contributed by atoms with Crippen molar-refractivity contribution in [1.82, 2.24) is 4.90 Å². The molecule has 0 radical (unpaired) electrons.